The highest BCUT2D eigenvalue weighted by atomic mass is 16.7. The highest BCUT2D eigenvalue weighted by molar-refractivity contribution is 5.76. The van der Waals surface area contributed by atoms with Crippen molar-refractivity contribution in [2.45, 2.75) is 38.5 Å². The zero-order valence-corrected chi connectivity index (χ0v) is 18.4. The van der Waals surface area contributed by atoms with Crippen LogP contribution in [0.5, 0.6) is 11.5 Å². The van der Waals surface area contributed by atoms with E-state index in [4.69, 9.17) is 9.47 Å². The first-order valence-electron chi connectivity index (χ1n) is 10.3. The first kappa shape index (κ1) is 27.2. The van der Waals surface area contributed by atoms with Crippen molar-refractivity contribution in [3.63, 3.8) is 0 Å². The minimum absolute atomic E-state index is 0.149. The van der Waals surface area contributed by atoms with E-state index in [1.807, 2.05) is 0 Å². The highest BCUT2D eigenvalue weighted by Crippen LogP contribution is 2.37. The van der Waals surface area contributed by atoms with E-state index in [1.54, 1.807) is 0 Å². The van der Waals surface area contributed by atoms with Gasteiger partial charge in [0, 0.05) is 25.0 Å². The number of nitro benzene ring substituents is 4. The second-order valence-corrected chi connectivity index (χ2v) is 7.14. The molecule has 0 saturated heterocycles. The minimum atomic E-state index is -1.01. The van der Waals surface area contributed by atoms with Gasteiger partial charge >= 0.3 is 34.7 Å². The summed E-state index contributed by atoms with van der Waals surface area (Å²) in [6.45, 7) is 0. The van der Waals surface area contributed by atoms with Crippen molar-refractivity contribution in [2.75, 3.05) is 0 Å². The Hall–Kier alpha value is -5.02. The first-order valence-corrected chi connectivity index (χ1v) is 10.3. The van der Waals surface area contributed by atoms with Crippen LogP contribution >= 0.6 is 0 Å². The first-order chi connectivity index (χ1) is 17.0. The van der Waals surface area contributed by atoms with Crippen LogP contribution in [-0.4, -0.2) is 31.6 Å². The Morgan fingerprint density at radius 1 is 0.583 bits per heavy atom. The second-order valence-electron chi connectivity index (χ2n) is 7.14. The number of hydrogen-bond donors (Lipinski definition) is 0. The van der Waals surface area contributed by atoms with Gasteiger partial charge in [-0.15, -0.1) is 0 Å². The van der Waals surface area contributed by atoms with Gasteiger partial charge < -0.3 is 9.47 Å². The van der Waals surface area contributed by atoms with Crippen LogP contribution in [0, 0.1) is 40.5 Å². The van der Waals surface area contributed by atoms with Crippen molar-refractivity contribution in [2.24, 2.45) is 0 Å². The normalized spacial score (nSPS) is 10.3. The number of carbonyl (C=O) groups excluding carboxylic acids is 2. The van der Waals surface area contributed by atoms with Gasteiger partial charge in [0.2, 0.25) is 11.5 Å². The number of rotatable bonds is 13. The Bertz CT molecular complexity index is 1120. The Kier molecular flexibility index (Phi) is 9.41. The molecule has 16 heteroatoms. The average Bonchev–Trinajstić information content (AvgIpc) is 2.80. The Labute approximate surface area is 201 Å². The summed E-state index contributed by atoms with van der Waals surface area (Å²) in [5.41, 5.74) is -3.49. The fourth-order valence-corrected chi connectivity index (χ4v) is 3.09. The fraction of sp³-hybridized carbons (Fsp3) is 0.300. The molecule has 2 aromatic carbocycles. The molecule has 190 valence electrons. The Morgan fingerprint density at radius 3 is 1.25 bits per heavy atom. The van der Waals surface area contributed by atoms with E-state index < -0.39 is 65.9 Å². The molecule has 0 aliphatic carbocycles. The van der Waals surface area contributed by atoms with Crippen molar-refractivity contribution in [3.05, 3.63) is 76.9 Å². The van der Waals surface area contributed by atoms with Crippen LogP contribution in [0.2, 0.25) is 0 Å². The van der Waals surface area contributed by atoms with E-state index in [-0.39, 0.29) is 25.7 Å². The third-order valence-electron chi connectivity index (χ3n) is 4.67. The summed E-state index contributed by atoms with van der Waals surface area (Å²) in [4.78, 5) is 64.2. The smallest absolute Gasteiger partial charge is 0.388 e. The van der Waals surface area contributed by atoms with Crippen LogP contribution in [0.1, 0.15) is 38.5 Å². The van der Waals surface area contributed by atoms with Gasteiger partial charge in [-0.2, -0.15) is 0 Å². The molecule has 0 heterocycles. The third-order valence-corrected chi connectivity index (χ3v) is 4.67. The SMILES string of the molecule is O=C(CCCCCCC(=O)Oc1cccc([N+](=O)[O-])c1[N+](=O)[O-])Oc1cccc([N+](=O)[O-])c1[N+](=O)[O-]. The van der Waals surface area contributed by atoms with E-state index in [9.17, 15) is 50.0 Å². The van der Waals surface area contributed by atoms with Crippen LogP contribution in [0.15, 0.2) is 36.4 Å². The molecule has 0 bridgehead atoms. The van der Waals surface area contributed by atoms with Crippen molar-refractivity contribution in [1.82, 2.24) is 0 Å². The zero-order chi connectivity index (χ0) is 26.8. The number of unbranched alkanes of at least 4 members (excludes halogenated alkanes) is 3. The lowest BCUT2D eigenvalue weighted by Gasteiger charge is -2.06. The van der Waals surface area contributed by atoms with Gasteiger partial charge in [-0.25, -0.2) is 0 Å². The lowest BCUT2D eigenvalue weighted by atomic mass is 10.1. The van der Waals surface area contributed by atoms with Gasteiger partial charge in [0.05, 0.1) is 19.7 Å². The number of ether oxygens (including phenoxy) is 2. The van der Waals surface area contributed by atoms with Crippen LogP contribution < -0.4 is 9.47 Å². The van der Waals surface area contributed by atoms with Crippen molar-refractivity contribution >= 4 is 34.7 Å². The summed E-state index contributed by atoms with van der Waals surface area (Å²) < 4.78 is 9.81. The third kappa shape index (κ3) is 7.24. The lowest BCUT2D eigenvalue weighted by molar-refractivity contribution is -0.423. The predicted octanol–water partition coefficient (Wildman–Crippen LogP) is 4.17. The van der Waals surface area contributed by atoms with Crippen LogP contribution in [0.4, 0.5) is 22.7 Å². The van der Waals surface area contributed by atoms with Gasteiger partial charge in [0.1, 0.15) is 0 Å². The quantitative estimate of drug-likeness (QED) is 0.123. The summed E-state index contributed by atoms with van der Waals surface area (Å²) in [5.74, 6) is -2.76. The van der Waals surface area contributed by atoms with Crippen LogP contribution in [-0.2, 0) is 9.59 Å². The Balaban J connectivity index is 1.80. The lowest BCUT2D eigenvalue weighted by Crippen LogP contribution is -2.10. The largest absolute Gasteiger partial charge is 0.419 e. The van der Waals surface area contributed by atoms with Crippen molar-refractivity contribution < 1.29 is 38.8 Å². The molecule has 0 aliphatic rings. The Morgan fingerprint density at radius 2 is 0.944 bits per heavy atom. The monoisotopic (exact) mass is 506 g/mol. The summed E-state index contributed by atoms with van der Waals surface area (Å²) in [7, 11) is 0. The zero-order valence-electron chi connectivity index (χ0n) is 18.4. The summed E-state index contributed by atoms with van der Waals surface area (Å²) >= 11 is 0. The van der Waals surface area contributed by atoms with E-state index in [0.717, 1.165) is 36.4 Å². The van der Waals surface area contributed by atoms with E-state index in [2.05, 4.69) is 0 Å². The number of carbonyl (C=O) groups is 2. The maximum atomic E-state index is 12.0. The topological polar surface area (TPSA) is 225 Å². The van der Waals surface area contributed by atoms with E-state index in [0.29, 0.717) is 12.8 Å². The molecule has 0 fully saturated rings. The number of hydrogen-bond acceptors (Lipinski definition) is 12. The predicted molar refractivity (Wildman–Crippen MR) is 118 cm³/mol. The maximum Gasteiger partial charge on any atom is 0.388 e. The molecule has 0 aromatic heterocycles. The standard InChI is InChI=1S/C20H18N4O12/c25-17(35-15-9-5-7-13(21(27)28)19(15)23(31)32)11-3-1-2-4-12-18(26)36-16-10-6-8-14(22(29)30)20(16)24(33)34/h5-10H,1-4,11-12H2. The summed E-state index contributed by atoms with van der Waals surface area (Å²) in [6, 6.07) is 6.26. The molecule has 0 aliphatic heterocycles. The van der Waals surface area contributed by atoms with Crippen molar-refractivity contribution in [1.29, 1.82) is 0 Å². The minimum Gasteiger partial charge on any atom is -0.419 e. The average molecular weight is 506 g/mol. The number of nitrogens with zero attached hydrogens (tertiary/aromatic N) is 4. The molecule has 0 spiro atoms. The maximum absolute atomic E-state index is 12.0. The molecule has 0 radical (unpaired) electrons. The van der Waals surface area contributed by atoms with Gasteiger partial charge in [-0.05, 0) is 25.0 Å². The number of benzene rings is 2. The fourth-order valence-electron chi connectivity index (χ4n) is 3.09. The van der Waals surface area contributed by atoms with Crippen molar-refractivity contribution in [3.8, 4) is 11.5 Å². The molecule has 16 nitrogen and oxygen atoms in total. The number of para-hydroxylation sites is 2. The molecule has 0 amide bonds. The molecular weight excluding hydrogens is 488 g/mol. The highest BCUT2D eigenvalue weighted by Gasteiger charge is 2.31. The van der Waals surface area contributed by atoms with Gasteiger partial charge in [-0.3, -0.25) is 50.0 Å². The van der Waals surface area contributed by atoms with Crippen LogP contribution in [0.25, 0.3) is 0 Å². The second kappa shape index (κ2) is 12.4. The van der Waals surface area contributed by atoms with E-state index in [1.165, 1.54) is 0 Å². The molecular formula is C20H18N4O12. The molecule has 0 atom stereocenters. The van der Waals surface area contributed by atoms with Crippen LogP contribution in [0.3, 0.4) is 0 Å². The number of nitro groups is 4. The molecule has 2 aromatic rings. The molecule has 0 saturated carbocycles. The number of esters is 2. The summed E-state index contributed by atoms with van der Waals surface area (Å²) in [6.07, 6.45) is 1.15. The van der Waals surface area contributed by atoms with Gasteiger partial charge in [0.15, 0.2) is 0 Å². The summed E-state index contributed by atoms with van der Waals surface area (Å²) in [5, 5.41) is 44.2. The molecule has 0 unspecified atom stereocenters. The molecule has 0 N–H and O–H groups in total. The molecule has 2 rings (SSSR count). The molecule has 36 heavy (non-hydrogen) atoms. The van der Waals surface area contributed by atoms with Gasteiger partial charge in [-0.1, -0.05) is 25.0 Å². The van der Waals surface area contributed by atoms with Gasteiger partial charge in [0.25, 0.3) is 0 Å². The van der Waals surface area contributed by atoms with E-state index >= 15 is 0 Å².